The molecule has 2 amide bonds. The molecule has 33 heavy (non-hydrogen) atoms. The van der Waals surface area contributed by atoms with Crippen LogP contribution in [0.15, 0.2) is 36.5 Å². The van der Waals surface area contributed by atoms with Crippen LogP contribution in [0.1, 0.15) is 22.5 Å². The molecule has 2 N–H and O–H groups in total. The highest BCUT2D eigenvalue weighted by molar-refractivity contribution is 5.97. The van der Waals surface area contributed by atoms with Crippen LogP contribution in [-0.2, 0) is 11.3 Å². The number of amides is 2. The van der Waals surface area contributed by atoms with Crippen LogP contribution in [0.25, 0.3) is 0 Å². The number of nitrogens with one attached hydrogen (secondary N) is 2. The summed E-state index contributed by atoms with van der Waals surface area (Å²) in [5, 5.41) is 5.07. The first-order valence-electron chi connectivity index (χ1n) is 10.5. The molecule has 0 radical (unpaired) electrons. The highest BCUT2D eigenvalue weighted by atomic mass is 19.4. The lowest BCUT2D eigenvalue weighted by Gasteiger charge is -2.36. The third kappa shape index (κ3) is 5.54. The fourth-order valence-corrected chi connectivity index (χ4v) is 3.90. The Balaban J connectivity index is 1.33. The van der Waals surface area contributed by atoms with Crippen molar-refractivity contribution in [2.45, 2.75) is 25.2 Å². The van der Waals surface area contributed by atoms with Gasteiger partial charge in [-0.1, -0.05) is 6.07 Å². The van der Waals surface area contributed by atoms with Crippen LogP contribution in [0.5, 0.6) is 5.75 Å². The average molecular weight is 463 g/mol. The van der Waals surface area contributed by atoms with Gasteiger partial charge < -0.3 is 20.3 Å². The number of piperazine rings is 1. The van der Waals surface area contributed by atoms with Gasteiger partial charge in [0, 0.05) is 39.8 Å². The molecule has 1 fully saturated rings. The van der Waals surface area contributed by atoms with Crippen molar-refractivity contribution in [3.05, 3.63) is 47.8 Å². The molecule has 1 saturated heterocycles. The highest BCUT2D eigenvalue weighted by Gasteiger charge is 2.39. The van der Waals surface area contributed by atoms with Crippen LogP contribution in [-0.4, -0.2) is 67.2 Å². The largest absolute Gasteiger partial charge is 0.478 e. The predicted molar refractivity (Wildman–Crippen MR) is 115 cm³/mol. The summed E-state index contributed by atoms with van der Waals surface area (Å²) in [7, 11) is 1.56. The van der Waals surface area contributed by atoms with E-state index in [1.165, 1.54) is 0 Å². The molecule has 1 unspecified atom stereocenters. The molecule has 0 bridgehead atoms. The molecule has 1 aromatic carbocycles. The summed E-state index contributed by atoms with van der Waals surface area (Å²) >= 11 is 0. The number of ether oxygens (including phenoxy) is 1. The molecule has 11 heteroatoms. The van der Waals surface area contributed by atoms with Gasteiger partial charge in [-0.15, -0.1) is 0 Å². The van der Waals surface area contributed by atoms with Gasteiger partial charge in [-0.2, -0.15) is 13.2 Å². The van der Waals surface area contributed by atoms with E-state index in [1.807, 2.05) is 6.07 Å². The number of fused-ring (bicyclic) bond motifs is 1. The molecule has 1 aromatic heterocycles. The highest BCUT2D eigenvalue weighted by Crippen LogP contribution is 2.34. The number of rotatable bonds is 5. The normalized spacial score (nSPS) is 18.8. The van der Waals surface area contributed by atoms with Crippen molar-refractivity contribution < 1.29 is 27.5 Å². The van der Waals surface area contributed by atoms with Crippen molar-refractivity contribution in [1.82, 2.24) is 15.2 Å². The minimum Gasteiger partial charge on any atom is -0.478 e. The van der Waals surface area contributed by atoms with E-state index < -0.39 is 24.6 Å². The summed E-state index contributed by atoms with van der Waals surface area (Å²) in [5.41, 5.74) is 2.63. The number of nitrogens with zero attached hydrogens (tertiary/aromatic N) is 3. The first-order valence-corrected chi connectivity index (χ1v) is 10.5. The Bertz CT molecular complexity index is 1020. The minimum absolute atomic E-state index is 0.228. The summed E-state index contributed by atoms with van der Waals surface area (Å²) in [4.78, 5) is 32.3. The maximum Gasteiger partial charge on any atom is 0.393 e. The Labute approximate surface area is 188 Å². The number of pyridine rings is 1. The van der Waals surface area contributed by atoms with E-state index in [-0.39, 0.29) is 11.7 Å². The molecule has 176 valence electrons. The quantitative estimate of drug-likeness (QED) is 0.709. The van der Waals surface area contributed by atoms with Gasteiger partial charge in [0.2, 0.25) is 0 Å². The molecule has 2 aromatic rings. The van der Waals surface area contributed by atoms with Crippen LogP contribution in [0.3, 0.4) is 0 Å². The smallest absolute Gasteiger partial charge is 0.393 e. The Morgan fingerprint density at radius 3 is 2.61 bits per heavy atom. The SMILES string of the molecule is CNC(=O)c1ccc(N2CCN(Cc3ccc4c(c3)NC(=O)C(CC(F)(F)F)O4)CC2)cn1. The lowest BCUT2D eigenvalue weighted by Crippen LogP contribution is -2.46. The first kappa shape index (κ1) is 22.8. The molecular weight excluding hydrogens is 439 g/mol. The van der Waals surface area contributed by atoms with Crippen LogP contribution in [0.4, 0.5) is 24.5 Å². The van der Waals surface area contributed by atoms with Crippen molar-refractivity contribution in [3.8, 4) is 5.75 Å². The van der Waals surface area contributed by atoms with Gasteiger partial charge >= 0.3 is 6.18 Å². The van der Waals surface area contributed by atoms with E-state index in [9.17, 15) is 22.8 Å². The minimum atomic E-state index is -4.48. The number of alkyl halides is 3. The van der Waals surface area contributed by atoms with E-state index in [4.69, 9.17) is 4.74 Å². The fourth-order valence-electron chi connectivity index (χ4n) is 3.90. The maximum absolute atomic E-state index is 12.6. The number of hydrogen-bond donors (Lipinski definition) is 2. The van der Waals surface area contributed by atoms with Gasteiger partial charge in [0.25, 0.3) is 11.8 Å². The van der Waals surface area contributed by atoms with Gasteiger partial charge in [0.05, 0.1) is 24.0 Å². The summed E-state index contributed by atoms with van der Waals surface area (Å²) in [6, 6.07) is 8.72. The number of aromatic nitrogens is 1. The third-order valence-electron chi connectivity index (χ3n) is 5.63. The summed E-state index contributed by atoms with van der Waals surface area (Å²) in [5.74, 6) is -0.777. The van der Waals surface area contributed by atoms with E-state index in [0.29, 0.717) is 17.9 Å². The van der Waals surface area contributed by atoms with Gasteiger partial charge in [-0.05, 0) is 29.8 Å². The van der Waals surface area contributed by atoms with Gasteiger partial charge in [0.1, 0.15) is 11.4 Å². The zero-order valence-electron chi connectivity index (χ0n) is 18.0. The summed E-state index contributed by atoms with van der Waals surface area (Å²) in [6.45, 7) is 3.79. The summed E-state index contributed by atoms with van der Waals surface area (Å²) in [6.07, 6.45) is -5.69. The van der Waals surface area contributed by atoms with Crippen molar-refractivity contribution in [1.29, 1.82) is 0 Å². The first-order chi connectivity index (χ1) is 15.7. The van der Waals surface area contributed by atoms with E-state index in [1.54, 1.807) is 37.5 Å². The lowest BCUT2D eigenvalue weighted by atomic mass is 10.1. The second-order valence-electron chi connectivity index (χ2n) is 7.99. The van der Waals surface area contributed by atoms with Gasteiger partial charge in [-0.25, -0.2) is 4.98 Å². The van der Waals surface area contributed by atoms with Crippen LogP contribution in [0.2, 0.25) is 0 Å². The third-order valence-corrected chi connectivity index (χ3v) is 5.63. The Hall–Kier alpha value is -3.34. The zero-order valence-corrected chi connectivity index (χ0v) is 18.0. The number of benzene rings is 1. The molecule has 0 saturated carbocycles. The Morgan fingerprint density at radius 2 is 1.97 bits per heavy atom. The van der Waals surface area contributed by atoms with Crippen molar-refractivity contribution in [3.63, 3.8) is 0 Å². The van der Waals surface area contributed by atoms with E-state index in [0.717, 1.165) is 37.4 Å². The molecule has 4 rings (SSSR count). The number of halogens is 3. The maximum atomic E-state index is 12.6. The summed E-state index contributed by atoms with van der Waals surface area (Å²) < 4.78 is 43.2. The molecule has 8 nitrogen and oxygen atoms in total. The van der Waals surface area contributed by atoms with E-state index >= 15 is 0 Å². The molecule has 3 heterocycles. The standard InChI is InChI=1S/C22H24F3N5O3/c1-26-20(31)16-4-3-15(12-27-16)30-8-6-29(7-9-30)13-14-2-5-18-17(10-14)28-21(32)19(33-18)11-22(23,24)25/h2-5,10,12,19H,6-9,11,13H2,1H3,(H,26,31)(H,28,32). The lowest BCUT2D eigenvalue weighted by molar-refractivity contribution is -0.158. The topological polar surface area (TPSA) is 86.8 Å². The Morgan fingerprint density at radius 1 is 1.21 bits per heavy atom. The van der Waals surface area contributed by atoms with Crippen LogP contribution >= 0.6 is 0 Å². The predicted octanol–water partition coefficient (Wildman–Crippen LogP) is 2.42. The number of hydrogen-bond acceptors (Lipinski definition) is 6. The monoisotopic (exact) mass is 463 g/mol. The van der Waals surface area contributed by atoms with Gasteiger partial charge in [0.15, 0.2) is 6.10 Å². The molecule has 2 aliphatic rings. The molecule has 1 atom stereocenters. The van der Waals surface area contributed by atoms with Crippen molar-refractivity contribution in [2.75, 3.05) is 43.4 Å². The molecule has 0 aliphatic carbocycles. The van der Waals surface area contributed by atoms with Crippen LogP contribution in [0, 0.1) is 0 Å². The van der Waals surface area contributed by atoms with E-state index in [2.05, 4.69) is 25.4 Å². The Kier molecular flexibility index (Phi) is 6.41. The number of carbonyl (C=O) groups is 2. The second-order valence-corrected chi connectivity index (χ2v) is 7.99. The average Bonchev–Trinajstić information content (AvgIpc) is 2.79. The number of anilines is 2. The molecule has 2 aliphatic heterocycles. The second kappa shape index (κ2) is 9.26. The van der Waals surface area contributed by atoms with Crippen molar-refractivity contribution in [2.24, 2.45) is 0 Å². The fraction of sp³-hybridized carbons (Fsp3) is 0.409. The molecule has 0 spiro atoms. The zero-order chi connectivity index (χ0) is 23.6. The van der Waals surface area contributed by atoms with Crippen molar-refractivity contribution >= 4 is 23.2 Å². The molecular formula is C22H24F3N5O3. The van der Waals surface area contributed by atoms with Crippen LogP contribution < -0.4 is 20.3 Å². The number of carbonyl (C=O) groups excluding carboxylic acids is 2. The van der Waals surface area contributed by atoms with Gasteiger partial charge in [-0.3, -0.25) is 14.5 Å².